The van der Waals surface area contributed by atoms with Crippen molar-refractivity contribution < 1.29 is 19.4 Å². The number of carbonyl (C=O) groups excluding carboxylic acids is 1. The third kappa shape index (κ3) is 10.1. The zero-order chi connectivity index (χ0) is 29.5. The second-order valence-corrected chi connectivity index (χ2v) is 11.0. The van der Waals surface area contributed by atoms with E-state index in [1.165, 1.54) is 76.9 Å². The van der Waals surface area contributed by atoms with E-state index in [4.69, 9.17) is 4.74 Å². The lowest BCUT2D eigenvalue weighted by Gasteiger charge is -2.10. The first-order chi connectivity index (χ1) is 19.9. The van der Waals surface area contributed by atoms with Gasteiger partial charge in [-0.25, -0.2) is 19.7 Å². The van der Waals surface area contributed by atoms with Crippen LogP contribution in [0.15, 0.2) is 34.7 Å². The molecule has 0 spiro atoms. The molecular weight excluding hydrogens is 548 g/mol. The van der Waals surface area contributed by atoms with E-state index in [1.54, 1.807) is 0 Å². The summed E-state index contributed by atoms with van der Waals surface area (Å²) in [6, 6.07) is 1.84. The third-order valence-electron chi connectivity index (χ3n) is 6.80. The van der Waals surface area contributed by atoms with Crippen molar-refractivity contribution in [1.82, 2.24) is 19.9 Å². The molecular formula is C28H38N6O6S. The van der Waals surface area contributed by atoms with Crippen LogP contribution in [-0.2, 0) is 4.74 Å². The molecule has 41 heavy (non-hydrogen) atoms. The highest BCUT2D eigenvalue weighted by Crippen LogP contribution is 2.41. The first-order valence-electron chi connectivity index (χ1n) is 14.4. The summed E-state index contributed by atoms with van der Waals surface area (Å²) >= 11 is 0.828. The zero-order valence-corrected chi connectivity index (χ0v) is 24.3. The number of nitrogens with zero attached hydrogens (tertiary/aromatic N) is 5. The van der Waals surface area contributed by atoms with E-state index in [0.29, 0.717) is 17.6 Å². The second kappa shape index (κ2) is 17.3. The number of aromatic amines is 1. The van der Waals surface area contributed by atoms with Crippen molar-refractivity contribution >= 4 is 40.3 Å². The fourth-order valence-electron chi connectivity index (χ4n) is 4.55. The predicted molar refractivity (Wildman–Crippen MR) is 156 cm³/mol. The highest BCUT2D eigenvalue weighted by Gasteiger charge is 2.30. The van der Waals surface area contributed by atoms with E-state index in [-0.39, 0.29) is 22.1 Å². The van der Waals surface area contributed by atoms with Crippen LogP contribution in [0.1, 0.15) is 107 Å². The van der Waals surface area contributed by atoms with E-state index in [1.807, 2.05) is 0 Å². The summed E-state index contributed by atoms with van der Waals surface area (Å²) < 4.78 is 5.41. The van der Waals surface area contributed by atoms with Crippen LogP contribution in [0.3, 0.4) is 0 Å². The summed E-state index contributed by atoms with van der Waals surface area (Å²) in [7, 11) is 0. The Morgan fingerprint density at radius 3 is 2.05 bits per heavy atom. The normalized spacial score (nSPS) is 11.1. The van der Waals surface area contributed by atoms with Gasteiger partial charge in [0.25, 0.3) is 11.4 Å². The Morgan fingerprint density at radius 1 is 0.854 bits per heavy atom. The lowest BCUT2D eigenvalue weighted by Crippen LogP contribution is -2.10. The van der Waals surface area contributed by atoms with E-state index in [0.717, 1.165) is 43.2 Å². The number of nitro groups is 2. The standard InChI is InChI=1S/C28H38N6O6S/c1-2-3-4-5-6-7-8-9-10-11-12-13-14-15-16-40-28(35)22-17-21(33(36)37)18-23(34(38)39)25(22)41-27-24-26(30-19-29-24)31-20-32-27/h17-20H,2-16H2,1H3,(H,29,30,31,32). The maximum absolute atomic E-state index is 13.0. The number of carbonyl (C=O) groups is 1. The van der Waals surface area contributed by atoms with Gasteiger partial charge >= 0.3 is 5.97 Å². The Kier molecular flexibility index (Phi) is 13.4. The molecule has 13 heteroatoms. The molecule has 0 saturated carbocycles. The van der Waals surface area contributed by atoms with Gasteiger partial charge in [0.05, 0.1) is 34.4 Å². The smallest absolute Gasteiger partial charge is 0.339 e. The largest absolute Gasteiger partial charge is 0.462 e. The number of imidazole rings is 1. The van der Waals surface area contributed by atoms with Gasteiger partial charge in [-0.1, -0.05) is 102 Å². The number of ether oxygens (including phenoxy) is 1. The molecule has 3 rings (SSSR count). The molecule has 1 aromatic carbocycles. The molecule has 3 aromatic rings. The molecule has 0 atom stereocenters. The Hall–Kier alpha value is -3.61. The summed E-state index contributed by atoms with van der Waals surface area (Å²) in [5.74, 6) is -0.857. The van der Waals surface area contributed by atoms with E-state index in [9.17, 15) is 25.0 Å². The van der Waals surface area contributed by atoms with Crippen molar-refractivity contribution in [2.45, 2.75) is 107 Å². The van der Waals surface area contributed by atoms with Gasteiger partial charge in [0.2, 0.25) is 0 Å². The van der Waals surface area contributed by atoms with Crippen LogP contribution in [-0.4, -0.2) is 42.4 Å². The molecule has 2 heterocycles. The van der Waals surface area contributed by atoms with Gasteiger partial charge in [0, 0.05) is 6.07 Å². The third-order valence-corrected chi connectivity index (χ3v) is 7.94. The number of rotatable bonds is 20. The average molecular weight is 587 g/mol. The van der Waals surface area contributed by atoms with Crippen molar-refractivity contribution in [3.8, 4) is 0 Å². The van der Waals surface area contributed by atoms with Gasteiger partial charge in [0.1, 0.15) is 21.8 Å². The Morgan fingerprint density at radius 2 is 1.46 bits per heavy atom. The number of hydrogen-bond acceptors (Lipinski definition) is 10. The number of esters is 1. The molecule has 0 aliphatic rings. The second-order valence-electron chi connectivity index (χ2n) is 9.97. The van der Waals surface area contributed by atoms with E-state index >= 15 is 0 Å². The average Bonchev–Trinajstić information content (AvgIpc) is 3.45. The van der Waals surface area contributed by atoms with Crippen LogP contribution in [0.5, 0.6) is 0 Å². The van der Waals surface area contributed by atoms with Crippen molar-refractivity contribution in [3.63, 3.8) is 0 Å². The van der Waals surface area contributed by atoms with Crippen LogP contribution in [0.25, 0.3) is 11.2 Å². The Bertz CT molecular complexity index is 1300. The van der Waals surface area contributed by atoms with Gasteiger partial charge in [-0.15, -0.1) is 0 Å². The summed E-state index contributed by atoms with van der Waals surface area (Å²) in [6.45, 7) is 2.36. The lowest BCUT2D eigenvalue weighted by atomic mass is 10.0. The maximum Gasteiger partial charge on any atom is 0.339 e. The minimum absolute atomic E-state index is 0.0961. The van der Waals surface area contributed by atoms with Crippen LogP contribution in [0, 0.1) is 20.2 Å². The summed E-state index contributed by atoms with van der Waals surface area (Å²) in [5.41, 5.74) is -0.647. The minimum Gasteiger partial charge on any atom is -0.462 e. The number of aromatic nitrogens is 4. The van der Waals surface area contributed by atoms with Gasteiger partial charge in [-0.3, -0.25) is 20.2 Å². The number of nitro benzene ring substituents is 2. The molecule has 0 aliphatic carbocycles. The van der Waals surface area contributed by atoms with E-state index in [2.05, 4.69) is 26.9 Å². The molecule has 2 aromatic heterocycles. The lowest BCUT2D eigenvalue weighted by molar-refractivity contribution is -0.396. The minimum atomic E-state index is -0.857. The van der Waals surface area contributed by atoms with Crippen LogP contribution in [0.4, 0.5) is 11.4 Å². The molecule has 0 bridgehead atoms. The van der Waals surface area contributed by atoms with Crippen LogP contribution < -0.4 is 0 Å². The molecule has 1 N–H and O–H groups in total. The number of unbranched alkanes of at least 4 members (excludes halogenated alkanes) is 13. The summed E-state index contributed by atoms with van der Waals surface area (Å²) in [6.07, 6.45) is 19.4. The molecule has 0 saturated heterocycles. The number of non-ortho nitro benzene ring substituents is 1. The quantitative estimate of drug-likeness (QED) is 0.0451. The molecule has 222 valence electrons. The Labute approximate surface area is 243 Å². The van der Waals surface area contributed by atoms with Crippen LogP contribution >= 0.6 is 11.8 Å². The summed E-state index contributed by atoms with van der Waals surface area (Å²) in [4.78, 5) is 49.8. The fourth-order valence-corrected chi connectivity index (χ4v) is 5.59. The summed E-state index contributed by atoms with van der Waals surface area (Å²) in [5, 5.41) is 23.6. The van der Waals surface area contributed by atoms with Crippen molar-refractivity contribution in [3.05, 3.63) is 50.6 Å². The monoisotopic (exact) mass is 586 g/mol. The molecule has 0 unspecified atom stereocenters. The van der Waals surface area contributed by atoms with Crippen molar-refractivity contribution in [1.29, 1.82) is 0 Å². The highest BCUT2D eigenvalue weighted by molar-refractivity contribution is 7.99. The van der Waals surface area contributed by atoms with Crippen molar-refractivity contribution in [2.24, 2.45) is 0 Å². The molecule has 0 radical (unpaired) electrons. The number of benzene rings is 1. The number of fused-ring (bicyclic) bond motifs is 1. The van der Waals surface area contributed by atoms with Gasteiger partial charge in [0.15, 0.2) is 5.65 Å². The van der Waals surface area contributed by atoms with Crippen molar-refractivity contribution in [2.75, 3.05) is 6.61 Å². The first-order valence-corrected chi connectivity index (χ1v) is 15.2. The van der Waals surface area contributed by atoms with Gasteiger partial charge in [-0.05, 0) is 6.42 Å². The number of H-pyrrole nitrogens is 1. The van der Waals surface area contributed by atoms with E-state index < -0.39 is 27.2 Å². The predicted octanol–water partition coefficient (Wildman–Crippen LogP) is 7.96. The molecule has 0 fully saturated rings. The topological polar surface area (TPSA) is 167 Å². The van der Waals surface area contributed by atoms with Gasteiger partial charge < -0.3 is 9.72 Å². The number of hydrogen-bond donors (Lipinski definition) is 1. The molecule has 0 aliphatic heterocycles. The molecule has 0 amide bonds. The SMILES string of the molecule is CCCCCCCCCCCCCCCCOC(=O)c1cc([N+](=O)[O-])cc([N+](=O)[O-])c1Sc1ncnc2nc[nH]c12. The van der Waals surface area contributed by atoms with Gasteiger partial charge in [-0.2, -0.15) is 0 Å². The highest BCUT2D eigenvalue weighted by atomic mass is 32.2. The fraction of sp³-hybridized carbons (Fsp3) is 0.571. The van der Waals surface area contributed by atoms with Crippen LogP contribution in [0.2, 0.25) is 0 Å². The Balaban J connectivity index is 1.50. The first kappa shape index (κ1) is 31.9. The maximum atomic E-state index is 13.0. The molecule has 12 nitrogen and oxygen atoms in total. The number of nitrogens with one attached hydrogen (secondary N) is 1. The zero-order valence-electron chi connectivity index (χ0n) is 23.5.